The standard InChI is InChI=1S/C15H17NO2.C4H7NO4/c1-10-7-12(8-11(2)16-10)14-6-5-13(17-3)9-15(14)18-4;6-3(7)1-5-2-4(8)9/h5-9H,1-4H3;5H,1-2H2,(H,6,7)(H,8,9). The number of nitrogens with zero attached hydrogens (tertiary/aromatic N) is 1. The van der Waals surface area contributed by atoms with Crippen LogP contribution in [-0.2, 0) is 9.59 Å². The smallest absolute Gasteiger partial charge is 0.317 e. The Hall–Kier alpha value is -3.13. The number of ether oxygens (including phenoxy) is 2. The van der Waals surface area contributed by atoms with Crippen molar-refractivity contribution in [1.29, 1.82) is 0 Å². The summed E-state index contributed by atoms with van der Waals surface area (Å²) < 4.78 is 10.6. The number of benzene rings is 1. The quantitative estimate of drug-likeness (QED) is 0.673. The zero-order valence-corrected chi connectivity index (χ0v) is 15.8. The summed E-state index contributed by atoms with van der Waals surface area (Å²) in [6, 6.07) is 9.93. The van der Waals surface area contributed by atoms with Gasteiger partial charge in [-0.3, -0.25) is 19.9 Å². The number of nitrogens with one attached hydrogen (secondary N) is 1. The third-order valence-corrected chi connectivity index (χ3v) is 3.35. The third-order valence-electron chi connectivity index (χ3n) is 3.35. The molecule has 0 amide bonds. The molecule has 8 heteroatoms. The molecule has 1 heterocycles. The fourth-order valence-electron chi connectivity index (χ4n) is 2.30. The maximum absolute atomic E-state index is 9.73. The van der Waals surface area contributed by atoms with Gasteiger partial charge in [0.2, 0.25) is 0 Å². The van der Waals surface area contributed by atoms with E-state index in [1.165, 1.54) is 0 Å². The van der Waals surface area contributed by atoms with Crippen LogP contribution >= 0.6 is 0 Å². The molecule has 0 saturated carbocycles. The lowest BCUT2D eigenvalue weighted by Crippen LogP contribution is -2.27. The molecular weight excluding hydrogens is 352 g/mol. The highest BCUT2D eigenvalue weighted by atomic mass is 16.5. The molecule has 0 aliphatic rings. The molecule has 0 spiro atoms. The molecule has 0 aliphatic heterocycles. The van der Waals surface area contributed by atoms with E-state index >= 15 is 0 Å². The van der Waals surface area contributed by atoms with Gasteiger partial charge in [0.05, 0.1) is 27.3 Å². The molecule has 0 bridgehead atoms. The predicted molar refractivity (Wildman–Crippen MR) is 100 cm³/mol. The van der Waals surface area contributed by atoms with Crippen molar-refractivity contribution in [2.45, 2.75) is 13.8 Å². The average molecular weight is 376 g/mol. The number of aryl methyl sites for hydroxylation is 2. The van der Waals surface area contributed by atoms with E-state index < -0.39 is 11.9 Å². The third kappa shape index (κ3) is 7.74. The van der Waals surface area contributed by atoms with E-state index in [1.807, 2.05) is 32.0 Å². The van der Waals surface area contributed by atoms with Crippen molar-refractivity contribution >= 4 is 11.9 Å². The van der Waals surface area contributed by atoms with Crippen LogP contribution in [0.5, 0.6) is 11.5 Å². The van der Waals surface area contributed by atoms with E-state index in [9.17, 15) is 9.59 Å². The number of aromatic nitrogens is 1. The molecular formula is C19H24N2O6. The number of carboxylic acids is 2. The molecule has 0 saturated heterocycles. The van der Waals surface area contributed by atoms with E-state index in [-0.39, 0.29) is 13.1 Å². The first kappa shape index (κ1) is 21.9. The van der Waals surface area contributed by atoms with Crippen LogP contribution in [0.3, 0.4) is 0 Å². The van der Waals surface area contributed by atoms with Crippen molar-refractivity contribution < 1.29 is 29.3 Å². The Balaban J connectivity index is 0.000000345. The van der Waals surface area contributed by atoms with Crippen LogP contribution in [0.25, 0.3) is 11.1 Å². The second-order valence-corrected chi connectivity index (χ2v) is 5.60. The van der Waals surface area contributed by atoms with E-state index in [4.69, 9.17) is 19.7 Å². The van der Waals surface area contributed by atoms with Gasteiger partial charge in [-0.2, -0.15) is 0 Å². The summed E-state index contributed by atoms with van der Waals surface area (Å²) in [6.45, 7) is 3.36. The molecule has 0 fully saturated rings. The van der Waals surface area contributed by atoms with Crippen molar-refractivity contribution in [1.82, 2.24) is 10.3 Å². The van der Waals surface area contributed by atoms with Gasteiger partial charge in [0.25, 0.3) is 0 Å². The summed E-state index contributed by atoms with van der Waals surface area (Å²) in [5.74, 6) is -0.523. The van der Waals surface area contributed by atoms with Crippen LogP contribution in [0.2, 0.25) is 0 Å². The van der Waals surface area contributed by atoms with E-state index in [1.54, 1.807) is 14.2 Å². The first-order valence-electron chi connectivity index (χ1n) is 8.08. The topological polar surface area (TPSA) is 118 Å². The molecule has 0 atom stereocenters. The van der Waals surface area contributed by atoms with Gasteiger partial charge in [0.15, 0.2) is 0 Å². The molecule has 2 aromatic rings. The van der Waals surface area contributed by atoms with Crippen LogP contribution in [-0.4, -0.2) is 54.4 Å². The fraction of sp³-hybridized carbons (Fsp3) is 0.316. The van der Waals surface area contributed by atoms with E-state index in [0.717, 1.165) is 34.0 Å². The van der Waals surface area contributed by atoms with Gasteiger partial charge >= 0.3 is 11.9 Å². The summed E-state index contributed by atoms with van der Waals surface area (Å²) in [5.41, 5.74) is 4.16. The van der Waals surface area contributed by atoms with Crippen LogP contribution in [0.1, 0.15) is 11.4 Å². The Morgan fingerprint density at radius 3 is 1.96 bits per heavy atom. The number of hydrogen-bond donors (Lipinski definition) is 3. The maximum atomic E-state index is 9.73. The Bertz CT molecular complexity index is 758. The summed E-state index contributed by atoms with van der Waals surface area (Å²) in [4.78, 5) is 23.8. The molecule has 3 N–H and O–H groups in total. The molecule has 27 heavy (non-hydrogen) atoms. The largest absolute Gasteiger partial charge is 0.497 e. The van der Waals surface area contributed by atoms with Crippen LogP contribution in [0, 0.1) is 13.8 Å². The minimum absolute atomic E-state index is 0.313. The van der Waals surface area contributed by atoms with Crippen LogP contribution in [0.15, 0.2) is 30.3 Å². The summed E-state index contributed by atoms with van der Waals surface area (Å²) in [5, 5.41) is 18.1. The summed E-state index contributed by atoms with van der Waals surface area (Å²) >= 11 is 0. The molecule has 1 aromatic heterocycles. The fourth-order valence-corrected chi connectivity index (χ4v) is 2.30. The molecule has 146 valence electrons. The molecule has 0 unspecified atom stereocenters. The normalized spacial score (nSPS) is 9.78. The lowest BCUT2D eigenvalue weighted by atomic mass is 10.0. The van der Waals surface area contributed by atoms with Crippen molar-refractivity contribution in [3.8, 4) is 22.6 Å². The summed E-state index contributed by atoms with van der Waals surface area (Å²) in [6.07, 6.45) is 0. The van der Waals surface area contributed by atoms with Gasteiger partial charge in [-0.15, -0.1) is 0 Å². The Morgan fingerprint density at radius 2 is 1.52 bits per heavy atom. The van der Waals surface area contributed by atoms with Gasteiger partial charge in [-0.1, -0.05) is 0 Å². The molecule has 0 aliphatic carbocycles. The van der Waals surface area contributed by atoms with Gasteiger partial charge < -0.3 is 19.7 Å². The van der Waals surface area contributed by atoms with Crippen molar-refractivity contribution in [2.75, 3.05) is 27.3 Å². The number of pyridine rings is 1. The first-order chi connectivity index (χ1) is 12.8. The van der Waals surface area contributed by atoms with Gasteiger partial charge in [0, 0.05) is 23.0 Å². The molecule has 8 nitrogen and oxygen atoms in total. The maximum Gasteiger partial charge on any atom is 0.317 e. The molecule has 1 aromatic carbocycles. The van der Waals surface area contributed by atoms with Crippen molar-refractivity contribution in [3.05, 3.63) is 41.7 Å². The van der Waals surface area contributed by atoms with Crippen LogP contribution in [0.4, 0.5) is 0 Å². The second-order valence-electron chi connectivity index (χ2n) is 5.60. The Labute approximate surface area is 157 Å². The number of aliphatic carboxylic acids is 2. The minimum atomic E-state index is -1.06. The lowest BCUT2D eigenvalue weighted by molar-refractivity contribution is -0.137. The Morgan fingerprint density at radius 1 is 0.963 bits per heavy atom. The van der Waals surface area contributed by atoms with Gasteiger partial charge in [-0.05, 0) is 43.7 Å². The van der Waals surface area contributed by atoms with E-state index in [0.29, 0.717) is 0 Å². The summed E-state index contributed by atoms with van der Waals surface area (Å²) in [7, 11) is 3.31. The monoisotopic (exact) mass is 376 g/mol. The van der Waals surface area contributed by atoms with E-state index in [2.05, 4.69) is 22.4 Å². The highest BCUT2D eigenvalue weighted by Gasteiger charge is 2.08. The van der Waals surface area contributed by atoms with Crippen LogP contribution < -0.4 is 14.8 Å². The van der Waals surface area contributed by atoms with Gasteiger partial charge in [-0.25, -0.2) is 0 Å². The number of methoxy groups -OCH3 is 2. The second kappa shape index (κ2) is 10.8. The van der Waals surface area contributed by atoms with Gasteiger partial charge in [0.1, 0.15) is 11.5 Å². The number of rotatable bonds is 7. The zero-order valence-electron chi connectivity index (χ0n) is 15.8. The molecule has 0 radical (unpaired) electrons. The number of carbonyl (C=O) groups is 2. The highest BCUT2D eigenvalue weighted by molar-refractivity contribution is 5.73. The number of hydrogen-bond acceptors (Lipinski definition) is 6. The van der Waals surface area contributed by atoms with Crippen molar-refractivity contribution in [3.63, 3.8) is 0 Å². The predicted octanol–water partition coefficient (Wildman–Crippen LogP) is 2.13. The zero-order chi connectivity index (χ0) is 20.4. The van der Waals surface area contributed by atoms with Crippen molar-refractivity contribution in [2.24, 2.45) is 0 Å². The lowest BCUT2D eigenvalue weighted by Gasteiger charge is -2.11. The average Bonchev–Trinajstić information content (AvgIpc) is 2.60. The highest BCUT2D eigenvalue weighted by Crippen LogP contribution is 2.33. The Kier molecular flexibility index (Phi) is 8.74. The minimum Gasteiger partial charge on any atom is -0.497 e. The first-order valence-corrected chi connectivity index (χ1v) is 8.08. The number of carboxylic acid groups (broad SMARTS) is 2. The molecule has 2 rings (SSSR count). The SMILES string of the molecule is COc1ccc(-c2cc(C)nc(C)c2)c(OC)c1.O=C(O)CNCC(=O)O.